The van der Waals surface area contributed by atoms with Gasteiger partial charge in [-0.15, -0.1) is 0 Å². The van der Waals surface area contributed by atoms with E-state index >= 15 is 0 Å². The minimum absolute atomic E-state index is 0.117. The third-order valence-electron chi connectivity index (χ3n) is 2.78. The van der Waals surface area contributed by atoms with Crippen LogP contribution in [0.1, 0.15) is 66.2 Å². The fourth-order valence-electron chi connectivity index (χ4n) is 1.62. The maximum absolute atomic E-state index is 11.2. The third kappa shape index (κ3) is 10.0. The van der Waals surface area contributed by atoms with Gasteiger partial charge in [-0.1, -0.05) is 59.8 Å². The van der Waals surface area contributed by atoms with Crippen LogP contribution in [-0.4, -0.2) is 12.5 Å². The molecule has 0 aliphatic heterocycles. The van der Waals surface area contributed by atoms with E-state index in [1.54, 1.807) is 0 Å². The largest absolute Gasteiger partial charge is 0.356 e. The average Bonchev–Trinajstić information content (AvgIpc) is 2.21. The van der Waals surface area contributed by atoms with Crippen molar-refractivity contribution in [1.29, 1.82) is 0 Å². The number of unbranched alkanes of at least 4 members (excludes halogenated alkanes) is 4. The van der Waals surface area contributed by atoms with Crippen LogP contribution in [0.15, 0.2) is 0 Å². The van der Waals surface area contributed by atoms with Gasteiger partial charge in [-0.3, -0.25) is 4.79 Å². The predicted octanol–water partition coefficient (Wildman–Crippen LogP) is 3.76. The summed E-state index contributed by atoms with van der Waals surface area (Å²) in [6.45, 7) is 9.27. The minimum Gasteiger partial charge on any atom is -0.356 e. The molecule has 96 valence electrons. The summed E-state index contributed by atoms with van der Waals surface area (Å²) in [4.78, 5) is 11.2. The van der Waals surface area contributed by atoms with Gasteiger partial charge < -0.3 is 5.32 Å². The molecular formula is C14H29NO. The highest BCUT2D eigenvalue weighted by molar-refractivity contribution is 5.77. The Kier molecular flexibility index (Phi) is 9.36. The molecule has 0 rings (SSSR count). The first kappa shape index (κ1) is 15.5. The first-order valence-electron chi connectivity index (χ1n) is 6.81. The second-order valence-corrected chi connectivity index (χ2v) is 5.40. The lowest BCUT2D eigenvalue weighted by Crippen LogP contribution is -2.28. The van der Waals surface area contributed by atoms with Gasteiger partial charge in [0.05, 0.1) is 0 Å². The fraction of sp³-hybridized carbons (Fsp3) is 0.929. The van der Waals surface area contributed by atoms with Gasteiger partial charge in [-0.25, -0.2) is 0 Å². The maximum Gasteiger partial charge on any atom is 0.222 e. The zero-order chi connectivity index (χ0) is 12.4. The molecule has 16 heavy (non-hydrogen) atoms. The van der Waals surface area contributed by atoms with Crippen LogP contribution in [0.3, 0.4) is 0 Å². The molecule has 0 unspecified atom stereocenters. The van der Waals surface area contributed by atoms with E-state index in [9.17, 15) is 4.79 Å². The number of rotatable bonds is 9. The van der Waals surface area contributed by atoms with Gasteiger partial charge in [-0.2, -0.15) is 0 Å². The van der Waals surface area contributed by atoms with Crippen LogP contribution < -0.4 is 5.32 Å². The van der Waals surface area contributed by atoms with Crippen molar-refractivity contribution in [3.63, 3.8) is 0 Å². The lowest BCUT2D eigenvalue weighted by Gasteiger charge is -2.07. The Hall–Kier alpha value is -0.530. The molecule has 0 fully saturated rings. The van der Waals surface area contributed by atoms with Gasteiger partial charge in [0, 0.05) is 12.5 Å². The highest BCUT2D eigenvalue weighted by Crippen LogP contribution is 2.10. The van der Waals surface area contributed by atoms with Crippen LogP contribution in [0.2, 0.25) is 0 Å². The van der Waals surface area contributed by atoms with E-state index in [4.69, 9.17) is 0 Å². The monoisotopic (exact) mass is 227 g/mol. The van der Waals surface area contributed by atoms with Crippen LogP contribution in [0.25, 0.3) is 0 Å². The molecule has 0 radical (unpaired) electrons. The molecule has 0 spiro atoms. The molecule has 0 heterocycles. The lowest BCUT2D eigenvalue weighted by molar-refractivity contribution is -0.123. The molecule has 1 N–H and O–H groups in total. The van der Waals surface area contributed by atoms with E-state index < -0.39 is 0 Å². The standard InChI is InChI=1S/C14H29NO/c1-12(2)10-8-6-5-7-9-11-15-14(16)13(3)4/h12-13H,5-11H2,1-4H3,(H,15,16). The van der Waals surface area contributed by atoms with Crippen molar-refractivity contribution >= 4 is 5.91 Å². The summed E-state index contributed by atoms with van der Waals surface area (Å²) in [5.41, 5.74) is 0. The Morgan fingerprint density at radius 1 is 0.938 bits per heavy atom. The zero-order valence-corrected chi connectivity index (χ0v) is 11.5. The Morgan fingerprint density at radius 3 is 2.06 bits per heavy atom. The Balaban J connectivity index is 3.13. The van der Waals surface area contributed by atoms with Crippen LogP contribution in [0, 0.1) is 11.8 Å². The summed E-state index contributed by atoms with van der Waals surface area (Å²) < 4.78 is 0. The normalized spacial score (nSPS) is 11.1. The predicted molar refractivity (Wildman–Crippen MR) is 70.4 cm³/mol. The van der Waals surface area contributed by atoms with E-state index in [1.807, 2.05) is 13.8 Å². The van der Waals surface area contributed by atoms with E-state index in [1.165, 1.54) is 32.1 Å². The molecule has 0 bridgehead atoms. The van der Waals surface area contributed by atoms with Gasteiger partial charge >= 0.3 is 0 Å². The molecule has 0 aromatic carbocycles. The summed E-state index contributed by atoms with van der Waals surface area (Å²) in [5, 5.41) is 2.95. The van der Waals surface area contributed by atoms with Crippen LogP contribution in [0.4, 0.5) is 0 Å². The number of nitrogens with one attached hydrogen (secondary N) is 1. The highest BCUT2D eigenvalue weighted by atomic mass is 16.1. The summed E-state index contributed by atoms with van der Waals surface area (Å²) in [6.07, 6.45) is 7.73. The van der Waals surface area contributed by atoms with Crippen molar-refractivity contribution in [3.05, 3.63) is 0 Å². The molecule has 2 heteroatoms. The van der Waals surface area contributed by atoms with Gasteiger partial charge in [0.25, 0.3) is 0 Å². The highest BCUT2D eigenvalue weighted by Gasteiger charge is 2.04. The molecule has 0 aliphatic rings. The van der Waals surface area contributed by atoms with Crippen LogP contribution in [0.5, 0.6) is 0 Å². The molecule has 0 aromatic heterocycles. The molecule has 2 nitrogen and oxygen atoms in total. The summed E-state index contributed by atoms with van der Waals surface area (Å²) in [6, 6.07) is 0. The van der Waals surface area contributed by atoms with Crippen molar-refractivity contribution in [2.24, 2.45) is 11.8 Å². The molecule has 0 saturated carbocycles. The Morgan fingerprint density at radius 2 is 1.50 bits per heavy atom. The quantitative estimate of drug-likeness (QED) is 0.597. The minimum atomic E-state index is 0.117. The molecule has 1 amide bonds. The topological polar surface area (TPSA) is 29.1 Å². The van der Waals surface area contributed by atoms with Crippen molar-refractivity contribution < 1.29 is 4.79 Å². The van der Waals surface area contributed by atoms with E-state index in [0.29, 0.717) is 0 Å². The van der Waals surface area contributed by atoms with Gasteiger partial charge in [0.1, 0.15) is 0 Å². The number of amides is 1. The molecular weight excluding hydrogens is 198 g/mol. The van der Waals surface area contributed by atoms with Crippen molar-refractivity contribution in [1.82, 2.24) is 5.32 Å². The lowest BCUT2D eigenvalue weighted by atomic mass is 10.0. The van der Waals surface area contributed by atoms with Crippen molar-refractivity contribution in [2.45, 2.75) is 66.2 Å². The van der Waals surface area contributed by atoms with Crippen LogP contribution >= 0.6 is 0 Å². The summed E-state index contributed by atoms with van der Waals surface area (Å²) in [7, 11) is 0. The SMILES string of the molecule is CC(C)CCCCCCCNC(=O)C(C)C. The van der Waals surface area contributed by atoms with E-state index in [2.05, 4.69) is 19.2 Å². The first-order chi connectivity index (χ1) is 7.54. The summed E-state index contributed by atoms with van der Waals surface area (Å²) >= 11 is 0. The van der Waals surface area contributed by atoms with Gasteiger partial charge in [-0.05, 0) is 12.3 Å². The smallest absolute Gasteiger partial charge is 0.222 e. The van der Waals surface area contributed by atoms with Crippen molar-refractivity contribution in [2.75, 3.05) is 6.54 Å². The van der Waals surface area contributed by atoms with Crippen molar-refractivity contribution in [3.8, 4) is 0 Å². The second kappa shape index (κ2) is 9.68. The molecule has 0 aliphatic carbocycles. The van der Waals surface area contributed by atoms with E-state index in [-0.39, 0.29) is 11.8 Å². The zero-order valence-electron chi connectivity index (χ0n) is 11.5. The van der Waals surface area contributed by atoms with Gasteiger partial charge in [0.2, 0.25) is 5.91 Å². The number of carbonyl (C=O) groups is 1. The Labute approximate surface area is 101 Å². The Bertz CT molecular complexity index is 176. The second-order valence-electron chi connectivity index (χ2n) is 5.40. The number of carbonyl (C=O) groups excluding carboxylic acids is 1. The third-order valence-corrected chi connectivity index (χ3v) is 2.78. The maximum atomic E-state index is 11.2. The fourth-order valence-corrected chi connectivity index (χ4v) is 1.62. The average molecular weight is 227 g/mol. The first-order valence-corrected chi connectivity index (χ1v) is 6.81. The number of hydrogen-bond donors (Lipinski definition) is 1. The van der Waals surface area contributed by atoms with E-state index in [0.717, 1.165) is 18.9 Å². The summed E-state index contributed by atoms with van der Waals surface area (Å²) in [5.74, 6) is 1.14. The molecule has 0 aromatic rings. The van der Waals surface area contributed by atoms with Gasteiger partial charge in [0.15, 0.2) is 0 Å². The number of hydrogen-bond acceptors (Lipinski definition) is 1. The molecule has 0 atom stereocenters. The molecule has 0 saturated heterocycles. The van der Waals surface area contributed by atoms with Crippen LogP contribution in [-0.2, 0) is 4.79 Å².